The predicted octanol–water partition coefficient (Wildman–Crippen LogP) is 1.48. The van der Waals surface area contributed by atoms with Crippen LogP contribution in [0.2, 0.25) is 0 Å². The molecule has 0 aliphatic heterocycles. The molecular weight excluding hydrogens is 324 g/mol. The van der Waals surface area contributed by atoms with E-state index >= 15 is 0 Å². The van der Waals surface area contributed by atoms with Crippen molar-refractivity contribution < 1.29 is 23.7 Å². The molecule has 0 bridgehead atoms. The molecule has 1 heterocycles. The second-order valence-corrected chi connectivity index (χ2v) is 5.06. The highest BCUT2D eigenvalue weighted by Gasteiger charge is 2.02. The Labute approximate surface area is 149 Å². The van der Waals surface area contributed by atoms with Crippen LogP contribution in [0.3, 0.4) is 0 Å². The van der Waals surface area contributed by atoms with Crippen LogP contribution in [0.4, 0.5) is 5.69 Å². The number of methoxy groups -OCH3 is 1. The molecule has 0 aromatic carbocycles. The normalized spacial score (nSPS) is 10.4. The zero-order valence-electron chi connectivity index (χ0n) is 14.7. The van der Waals surface area contributed by atoms with Crippen molar-refractivity contribution in [2.45, 2.75) is 12.8 Å². The van der Waals surface area contributed by atoms with Crippen LogP contribution in [-0.2, 0) is 23.7 Å². The molecule has 0 unspecified atom stereocenters. The number of pyridine rings is 1. The molecule has 1 N–H and O–H groups in total. The number of hydrogen-bond acceptors (Lipinski definition) is 6. The minimum atomic E-state index is -0.0803. The predicted molar refractivity (Wildman–Crippen MR) is 94.4 cm³/mol. The first-order chi connectivity index (χ1) is 12.3. The average Bonchev–Trinajstić information content (AvgIpc) is 2.63. The van der Waals surface area contributed by atoms with Crippen molar-refractivity contribution in [1.82, 2.24) is 4.98 Å². The van der Waals surface area contributed by atoms with Gasteiger partial charge in [0.2, 0.25) is 5.91 Å². The second kappa shape index (κ2) is 14.4. The van der Waals surface area contributed by atoms with Gasteiger partial charge in [-0.25, -0.2) is 4.98 Å². The maximum Gasteiger partial charge on any atom is 0.224 e. The van der Waals surface area contributed by atoms with Gasteiger partial charge in [-0.15, -0.1) is 6.42 Å². The lowest BCUT2D eigenvalue weighted by molar-refractivity contribution is -0.116. The second-order valence-electron chi connectivity index (χ2n) is 5.06. The molecule has 1 amide bonds. The van der Waals surface area contributed by atoms with Gasteiger partial charge < -0.3 is 24.3 Å². The third-order valence-corrected chi connectivity index (χ3v) is 3.06. The molecule has 7 nitrogen and oxygen atoms in total. The first-order valence-electron chi connectivity index (χ1n) is 8.21. The van der Waals surface area contributed by atoms with E-state index < -0.39 is 0 Å². The SMILES string of the molecule is C#Cc1ccc(NC(=O)CCCOCCOCCOCCOC)cn1. The molecule has 1 rings (SSSR count). The zero-order valence-corrected chi connectivity index (χ0v) is 14.7. The number of aromatic nitrogens is 1. The van der Waals surface area contributed by atoms with Crippen molar-refractivity contribution in [3.63, 3.8) is 0 Å². The number of rotatable bonds is 14. The minimum Gasteiger partial charge on any atom is -0.382 e. The summed E-state index contributed by atoms with van der Waals surface area (Å²) >= 11 is 0. The van der Waals surface area contributed by atoms with Gasteiger partial charge in [0.1, 0.15) is 5.69 Å². The minimum absolute atomic E-state index is 0.0803. The van der Waals surface area contributed by atoms with Gasteiger partial charge in [0.25, 0.3) is 0 Å². The number of nitrogens with one attached hydrogen (secondary N) is 1. The molecule has 0 spiro atoms. The zero-order chi connectivity index (χ0) is 18.2. The molecule has 0 radical (unpaired) electrons. The van der Waals surface area contributed by atoms with Crippen LogP contribution in [0, 0.1) is 12.3 Å². The van der Waals surface area contributed by atoms with Gasteiger partial charge >= 0.3 is 0 Å². The van der Waals surface area contributed by atoms with E-state index in [1.54, 1.807) is 25.4 Å². The molecular formula is C18H26N2O5. The highest BCUT2D eigenvalue weighted by Crippen LogP contribution is 2.06. The number of carbonyl (C=O) groups excluding carboxylic acids is 1. The molecule has 0 fully saturated rings. The lowest BCUT2D eigenvalue weighted by atomic mass is 10.3. The van der Waals surface area contributed by atoms with Crippen LogP contribution in [0.5, 0.6) is 0 Å². The average molecular weight is 350 g/mol. The van der Waals surface area contributed by atoms with Crippen molar-refractivity contribution in [2.24, 2.45) is 0 Å². The van der Waals surface area contributed by atoms with Crippen molar-refractivity contribution in [2.75, 3.05) is 58.7 Å². The lowest BCUT2D eigenvalue weighted by Crippen LogP contribution is -2.14. The number of carbonyl (C=O) groups is 1. The Hall–Kier alpha value is -1.98. The molecule has 0 atom stereocenters. The number of hydrogen-bond donors (Lipinski definition) is 1. The molecule has 138 valence electrons. The first-order valence-corrected chi connectivity index (χ1v) is 8.21. The Kier molecular flexibility index (Phi) is 12.1. The summed E-state index contributed by atoms with van der Waals surface area (Å²) in [6.07, 6.45) is 7.79. The van der Waals surface area contributed by atoms with E-state index in [2.05, 4.69) is 16.2 Å². The Morgan fingerprint density at radius 1 is 1.08 bits per heavy atom. The summed E-state index contributed by atoms with van der Waals surface area (Å²) in [6.45, 7) is 3.74. The summed E-state index contributed by atoms with van der Waals surface area (Å²) in [5.41, 5.74) is 1.17. The molecule has 1 aromatic rings. The fourth-order valence-electron chi connectivity index (χ4n) is 1.80. The molecule has 0 saturated carbocycles. The van der Waals surface area contributed by atoms with Crippen molar-refractivity contribution >= 4 is 11.6 Å². The third kappa shape index (κ3) is 11.2. The summed E-state index contributed by atoms with van der Waals surface area (Å²) < 4.78 is 20.9. The van der Waals surface area contributed by atoms with E-state index in [-0.39, 0.29) is 5.91 Å². The Morgan fingerprint density at radius 3 is 2.28 bits per heavy atom. The van der Waals surface area contributed by atoms with Gasteiger partial charge in [0.05, 0.1) is 51.5 Å². The van der Waals surface area contributed by atoms with E-state index in [0.29, 0.717) is 70.5 Å². The van der Waals surface area contributed by atoms with Crippen LogP contribution in [0.25, 0.3) is 0 Å². The van der Waals surface area contributed by atoms with Crippen molar-refractivity contribution in [3.8, 4) is 12.3 Å². The number of ether oxygens (including phenoxy) is 4. The topological polar surface area (TPSA) is 78.9 Å². The Morgan fingerprint density at radius 2 is 1.72 bits per heavy atom. The first kappa shape index (κ1) is 21.1. The standard InChI is InChI=1S/C18H26N2O5/c1-3-16-6-7-17(15-19-16)20-18(21)5-4-8-23-11-12-25-14-13-24-10-9-22-2/h1,6-7,15H,4-5,8-14H2,2H3,(H,20,21). The third-order valence-electron chi connectivity index (χ3n) is 3.06. The van der Waals surface area contributed by atoms with Crippen molar-refractivity contribution in [3.05, 3.63) is 24.0 Å². The van der Waals surface area contributed by atoms with Gasteiger partial charge in [0, 0.05) is 20.1 Å². The number of amides is 1. The number of terminal acetylenes is 1. The van der Waals surface area contributed by atoms with E-state index in [1.165, 1.54) is 0 Å². The van der Waals surface area contributed by atoms with Gasteiger partial charge in [-0.05, 0) is 18.6 Å². The summed E-state index contributed by atoms with van der Waals surface area (Å²) in [6, 6.07) is 3.41. The molecule has 0 aliphatic carbocycles. The molecule has 0 saturated heterocycles. The van der Waals surface area contributed by atoms with Crippen LogP contribution >= 0.6 is 0 Å². The summed E-state index contributed by atoms with van der Waals surface area (Å²) in [4.78, 5) is 15.8. The van der Waals surface area contributed by atoms with Gasteiger partial charge in [-0.3, -0.25) is 4.79 Å². The maximum absolute atomic E-state index is 11.8. The lowest BCUT2D eigenvalue weighted by Gasteiger charge is -2.07. The van der Waals surface area contributed by atoms with E-state index in [4.69, 9.17) is 25.4 Å². The Balaban J connectivity index is 1.92. The van der Waals surface area contributed by atoms with Gasteiger partial charge in [-0.2, -0.15) is 0 Å². The largest absolute Gasteiger partial charge is 0.382 e. The number of nitrogens with zero attached hydrogens (tertiary/aromatic N) is 1. The van der Waals surface area contributed by atoms with Crippen LogP contribution < -0.4 is 5.32 Å². The number of anilines is 1. The fraction of sp³-hybridized carbons (Fsp3) is 0.556. The van der Waals surface area contributed by atoms with Gasteiger partial charge in [-0.1, -0.05) is 5.92 Å². The highest BCUT2D eigenvalue weighted by atomic mass is 16.6. The molecule has 0 aliphatic rings. The summed E-state index contributed by atoms with van der Waals surface area (Å²) in [7, 11) is 1.63. The smallest absolute Gasteiger partial charge is 0.224 e. The maximum atomic E-state index is 11.8. The van der Waals surface area contributed by atoms with E-state index in [0.717, 1.165) is 0 Å². The van der Waals surface area contributed by atoms with Crippen LogP contribution in [0.1, 0.15) is 18.5 Å². The van der Waals surface area contributed by atoms with E-state index in [9.17, 15) is 4.79 Å². The fourth-order valence-corrected chi connectivity index (χ4v) is 1.80. The quantitative estimate of drug-likeness (QED) is 0.404. The summed E-state index contributed by atoms with van der Waals surface area (Å²) in [5, 5.41) is 2.76. The Bertz CT molecular complexity index is 513. The van der Waals surface area contributed by atoms with E-state index in [1.807, 2.05) is 0 Å². The molecule has 25 heavy (non-hydrogen) atoms. The highest BCUT2D eigenvalue weighted by molar-refractivity contribution is 5.90. The van der Waals surface area contributed by atoms with Crippen LogP contribution in [-0.4, -0.2) is 64.2 Å². The van der Waals surface area contributed by atoms with Crippen molar-refractivity contribution in [1.29, 1.82) is 0 Å². The summed E-state index contributed by atoms with van der Waals surface area (Å²) in [5.74, 6) is 2.34. The molecule has 7 heteroatoms. The van der Waals surface area contributed by atoms with Crippen LogP contribution in [0.15, 0.2) is 18.3 Å². The van der Waals surface area contributed by atoms with Gasteiger partial charge in [0.15, 0.2) is 0 Å². The molecule has 1 aromatic heterocycles. The monoisotopic (exact) mass is 350 g/mol.